The summed E-state index contributed by atoms with van der Waals surface area (Å²) in [5.41, 5.74) is -1.07. The van der Waals surface area contributed by atoms with Crippen molar-refractivity contribution in [2.24, 2.45) is 0 Å². The molecule has 1 atom stereocenters. The molecular formula is C9H16O3S. The third kappa shape index (κ3) is 1.70. The van der Waals surface area contributed by atoms with Crippen LogP contribution in [0, 0.1) is 0 Å². The van der Waals surface area contributed by atoms with Gasteiger partial charge in [0.2, 0.25) is 0 Å². The molecule has 0 bridgehead atoms. The highest BCUT2D eigenvalue weighted by atomic mass is 32.2. The van der Waals surface area contributed by atoms with E-state index in [0.29, 0.717) is 0 Å². The molecule has 0 spiro atoms. The highest BCUT2D eigenvalue weighted by Crippen LogP contribution is 2.50. The average molecular weight is 204 g/mol. The van der Waals surface area contributed by atoms with Crippen molar-refractivity contribution < 1.29 is 14.6 Å². The maximum absolute atomic E-state index is 11.6. The summed E-state index contributed by atoms with van der Waals surface area (Å²) in [5, 5.41) is 9.86. The number of esters is 1. The van der Waals surface area contributed by atoms with Crippen LogP contribution in [-0.4, -0.2) is 26.4 Å². The molecule has 1 fully saturated rings. The van der Waals surface area contributed by atoms with Crippen LogP contribution in [0.4, 0.5) is 0 Å². The van der Waals surface area contributed by atoms with Gasteiger partial charge in [0.05, 0.1) is 5.60 Å². The van der Waals surface area contributed by atoms with Gasteiger partial charge in [0.25, 0.3) is 0 Å². The van der Waals surface area contributed by atoms with Crippen LogP contribution in [0.25, 0.3) is 0 Å². The molecule has 1 aliphatic heterocycles. The van der Waals surface area contributed by atoms with E-state index in [9.17, 15) is 9.90 Å². The number of hydrogen-bond donors (Lipinski definition) is 1. The molecule has 1 saturated heterocycles. The number of hydrogen-bond acceptors (Lipinski definition) is 4. The molecule has 0 aromatic rings. The first-order chi connectivity index (χ1) is 5.58. The molecular weight excluding hydrogens is 188 g/mol. The van der Waals surface area contributed by atoms with Crippen molar-refractivity contribution in [2.75, 3.05) is 0 Å². The number of carbonyl (C=O) groups is 1. The van der Waals surface area contributed by atoms with Gasteiger partial charge >= 0.3 is 5.97 Å². The SMILES string of the molecule is CC1(C)OC(=O)C(C)(C(C)(C)O)S1. The first kappa shape index (κ1) is 10.9. The number of rotatable bonds is 1. The predicted molar refractivity (Wildman–Crippen MR) is 52.5 cm³/mol. The van der Waals surface area contributed by atoms with Gasteiger partial charge in [0, 0.05) is 0 Å². The third-order valence-electron chi connectivity index (χ3n) is 2.35. The van der Waals surface area contributed by atoms with Crippen molar-refractivity contribution in [3.63, 3.8) is 0 Å². The molecule has 0 radical (unpaired) electrons. The smallest absolute Gasteiger partial charge is 0.326 e. The van der Waals surface area contributed by atoms with Crippen LogP contribution in [-0.2, 0) is 9.53 Å². The molecule has 0 saturated carbocycles. The van der Waals surface area contributed by atoms with E-state index in [-0.39, 0.29) is 5.97 Å². The first-order valence-corrected chi connectivity index (χ1v) is 5.06. The molecule has 13 heavy (non-hydrogen) atoms. The molecule has 0 aromatic heterocycles. The van der Waals surface area contributed by atoms with E-state index in [1.54, 1.807) is 20.8 Å². The van der Waals surface area contributed by atoms with Crippen molar-refractivity contribution >= 4 is 17.7 Å². The fourth-order valence-corrected chi connectivity index (χ4v) is 2.72. The number of carbonyl (C=O) groups excluding carboxylic acids is 1. The van der Waals surface area contributed by atoms with Crippen LogP contribution in [0.2, 0.25) is 0 Å². The van der Waals surface area contributed by atoms with Gasteiger partial charge in [-0.1, -0.05) is 11.8 Å². The molecule has 0 amide bonds. The molecule has 0 aromatic carbocycles. The Morgan fingerprint density at radius 1 is 1.38 bits per heavy atom. The quantitative estimate of drug-likeness (QED) is 0.658. The maximum Gasteiger partial charge on any atom is 0.326 e. The minimum Gasteiger partial charge on any atom is -0.447 e. The fraction of sp³-hybridized carbons (Fsp3) is 0.889. The Balaban J connectivity index is 3.01. The van der Waals surface area contributed by atoms with Gasteiger partial charge in [0.1, 0.15) is 4.75 Å². The van der Waals surface area contributed by atoms with Gasteiger partial charge in [-0.2, -0.15) is 0 Å². The zero-order chi connectivity index (χ0) is 10.5. The van der Waals surface area contributed by atoms with Crippen molar-refractivity contribution in [1.82, 2.24) is 0 Å². The number of aliphatic hydroxyl groups is 1. The van der Waals surface area contributed by atoms with Crippen LogP contribution in [0.1, 0.15) is 34.6 Å². The molecule has 1 rings (SSSR count). The Bertz CT molecular complexity index is 242. The van der Waals surface area contributed by atoms with E-state index in [1.165, 1.54) is 11.8 Å². The average Bonchev–Trinajstić information content (AvgIpc) is 2.00. The summed E-state index contributed by atoms with van der Waals surface area (Å²) >= 11 is 1.36. The second-order valence-electron chi connectivity index (χ2n) is 4.48. The lowest BCUT2D eigenvalue weighted by atomic mass is 9.92. The van der Waals surface area contributed by atoms with E-state index in [0.717, 1.165) is 0 Å². The summed E-state index contributed by atoms with van der Waals surface area (Å²) in [6.07, 6.45) is 0. The summed E-state index contributed by atoms with van der Waals surface area (Å²) < 4.78 is 4.29. The van der Waals surface area contributed by atoms with Crippen molar-refractivity contribution in [3.05, 3.63) is 0 Å². The van der Waals surface area contributed by atoms with Crippen molar-refractivity contribution in [3.8, 4) is 0 Å². The minimum absolute atomic E-state index is 0.338. The lowest BCUT2D eigenvalue weighted by molar-refractivity contribution is -0.153. The van der Waals surface area contributed by atoms with Crippen molar-refractivity contribution in [1.29, 1.82) is 0 Å². The Labute approximate surface area is 82.8 Å². The lowest BCUT2D eigenvalue weighted by Gasteiger charge is -2.32. The highest BCUT2D eigenvalue weighted by molar-refractivity contribution is 8.03. The Kier molecular flexibility index (Phi) is 2.20. The molecule has 3 nitrogen and oxygen atoms in total. The second kappa shape index (κ2) is 2.64. The molecule has 1 unspecified atom stereocenters. The summed E-state index contributed by atoms with van der Waals surface area (Å²) in [4.78, 5) is 11.0. The van der Waals surface area contributed by atoms with Crippen LogP contribution < -0.4 is 0 Å². The number of thioether (sulfide) groups is 1. The van der Waals surface area contributed by atoms with Crippen LogP contribution in [0.15, 0.2) is 0 Å². The van der Waals surface area contributed by atoms with Gasteiger partial charge in [0.15, 0.2) is 4.93 Å². The summed E-state index contributed by atoms with van der Waals surface area (Å²) in [6.45, 7) is 8.62. The topological polar surface area (TPSA) is 46.5 Å². The highest BCUT2D eigenvalue weighted by Gasteiger charge is 2.58. The Morgan fingerprint density at radius 2 is 1.85 bits per heavy atom. The fourth-order valence-electron chi connectivity index (χ4n) is 1.25. The van der Waals surface area contributed by atoms with E-state index in [1.807, 2.05) is 13.8 Å². The summed E-state index contributed by atoms with van der Waals surface area (Å²) in [7, 11) is 0. The van der Waals surface area contributed by atoms with Crippen LogP contribution >= 0.6 is 11.8 Å². The zero-order valence-corrected chi connectivity index (χ0v) is 9.49. The van der Waals surface area contributed by atoms with E-state index < -0.39 is 15.3 Å². The first-order valence-electron chi connectivity index (χ1n) is 4.24. The largest absolute Gasteiger partial charge is 0.447 e. The van der Waals surface area contributed by atoms with Gasteiger partial charge in [-0.25, -0.2) is 0 Å². The van der Waals surface area contributed by atoms with Crippen LogP contribution in [0.3, 0.4) is 0 Å². The van der Waals surface area contributed by atoms with E-state index >= 15 is 0 Å². The molecule has 4 heteroatoms. The number of ether oxygens (including phenoxy) is 1. The normalized spacial score (nSPS) is 33.2. The molecule has 76 valence electrons. The predicted octanol–water partition coefficient (Wildman–Crippen LogP) is 1.54. The minimum atomic E-state index is -1.07. The van der Waals surface area contributed by atoms with E-state index in [4.69, 9.17) is 4.74 Å². The standard InChI is InChI=1S/C9H16O3S/c1-7(2,11)9(5)6(10)12-8(3,4)13-9/h11H,1-5H3. The monoisotopic (exact) mass is 204 g/mol. The summed E-state index contributed by atoms with van der Waals surface area (Å²) in [5.74, 6) is -0.338. The lowest BCUT2D eigenvalue weighted by Crippen LogP contribution is -2.48. The third-order valence-corrected chi connectivity index (χ3v) is 3.99. The van der Waals surface area contributed by atoms with Gasteiger partial charge in [-0.05, 0) is 34.6 Å². The van der Waals surface area contributed by atoms with Gasteiger partial charge in [-0.3, -0.25) is 4.79 Å². The summed E-state index contributed by atoms with van der Waals surface area (Å²) in [6, 6.07) is 0. The molecule has 0 aliphatic carbocycles. The molecule has 1 aliphatic rings. The van der Waals surface area contributed by atoms with E-state index in [2.05, 4.69) is 0 Å². The van der Waals surface area contributed by atoms with Crippen LogP contribution in [0.5, 0.6) is 0 Å². The zero-order valence-electron chi connectivity index (χ0n) is 8.67. The van der Waals surface area contributed by atoms with Gasteiger partial charge < -0.3 is 9.84 Å². The van der Waals surface area contributed by atoms with Crippen molar-refractivity contribution in [2.45, 2.75) is 49.9 Å². The molecule has 1 heterocycles. The number of cyclic esters (lactones) is 1. The second-order valence-corrected chi connectivity index (χ2v) is 6.49. The maximum atomic E-state index is 11.6. The molecule has 1 N–H and O–H groups in total. The Morgan fingerprint density at radius 3 is 2.00 bits per heavy atom. The Hall–Kier alpha value is -0.220. The van der Waals surface area contributed by atoms with Gasteiger partial charge in [-0.15, -0.1) is 0 Å².